The third-order valence-electron chi connectivity index (χ3n) is 5.19. The van der Waals surface area contributed by atoms with Gasteiger partial charge in [0.25, 0.3) is 0 Å². The molecule has 0 saturated carbocycles. The molecular formula is C27H20ClNO4S. The van der Waals surface area contributed by atoms with Crippen molar-refractivity contribution in [2.75, 3.05) is 7.11 Å². The average Bonchev–Trinajstić information content (AvgIpc) is 2.87. The van der Waals surface area contributed by atoms with Crippen molar-refractivity contribution in [2.24, 2.45) is 0 Å². The quantitative estimate of drug-likeness (QED) is 0.304. The molecule has 170 valence electrons. The summed E-state index contributed by atoms with van der Waals surface area (Å²) in [5.41, 5.74) is 2.74. The number of halogens is 1. The molecule has 0 fully saturated rings. The molecule has 34 heavy (non-hydrogen) atoms. The van der Waals surface area contributed by atoms with Gasteiger partial charge >= 0.3 is 0 Å². The molecule has 4 aromatic rings. The Balaban J connectivity index is 1.67. The molecule has 0 aliphatic carbocycles. The van der Waals surface area contributed by atoms with Gasteiger partial charge in [-0.05, 0) is 59.2 Å². The normalized spacial score (nSPS) is 11.0. The Morgan fingerprint density at radius 3 is 2.35 bits per heavy atom. The molecule has 0 N–H and O–H groups in total. The fraction of sp³-hybridized carbons (Fsp3) is 0.0741. The molecule has 0 aromatic heterocycles. The summed E-state index contributed by atoms with van der Waals surface area (Å²) in [5.74, 6) is 0.742. The summed E-state index contributed by atoms with van der Waals surface area (Å²) in [6, 6.07) is 27.7. The lowest BCUT2D eigenvalue weighted by Gasteiger charge is -2.13. The predicted molar refractivity (Wildman–Crippen MR) is 131 cm³/mol. The Hall–Kier alpha value is -3.79. The van der Waals surface area contributed by atoms with E-state index in [1.165, 1.54) is 25.3 Å². The number of sulfone groups is 1. The molecule has 7 heteroatoms. The van der Waals surface area contributed by atoms with Crippen LogP contribution in [0.25, 0.3) is 11.1 Å². The standard InChI is InChI=1S/C27H20ClNO4S/c1-32-27-16-24(10-11-26(27)33-18-19-6-3-2-4-7-19)34(30,31)25-14-22(13-23(28)15-25)21-9-5-8-20(12-21)17-29/h2-16H,18H2,1H3. The second-order valence-electron chi connectivity index (χ2n) is 7.46. The van der Waals surface area contributed by atoms with Gasteiger partial charge in [0.1, 0.15) is 6.61 Å². The molecule has 4 aromatic carbocycles. The molecule has 0 saturated heterocycles. The molecule has 0 unspecified atom stereocenters. The molecule has 4 rings (SSSR count). The lowest BCUT2D eigenvalue weighted by atomic mass is 10.0. The summed E-state index contributed by atoms with van der Waals surface area (Å²) in [4.78, 5) is 0.0905. The van der Waals surface area contributed by atoms with Crippen LogP contribution in [0.2, 0.25) is 5.02 Å². The van der Waals surface area contributed by atoms with Crippen molar-refractivity contribution in [1.82, 2.24) is 0 Å². The Bertz CT molecular complexity index is 1480. The van der Waals surface area contributed by atoms with Crippen molar-refractivity contribution in [3.8, 4) is 28.7 Å². The highest BCUT2D eigenvalue weighted by Crippen LogP contribution is 2.35. The van der Waals surface area contributed by atoms with E-state index in [0.29, 0.717) is 34.8 Å². The minimum Gasteiger partial charge on any atom is -0.493 e. The predicted octanol–water partition coefficient (Wildman–Crippen LogP) is 6.30. The first kappa shape index (κ1) is 23.4. The van der Waals surface area contributed by atoms with E-state index in [1.54, 1.807) is 42.5 Å². The molecule has 0 aliphatic heterocycles. The van der Waals surface area contributed by atoms with Crippen molar-refractivity contribution < 1.29 is 17.9 Å². The van der Waals surface area contributed by atoms with Crippen LogP contribution in [0.4, 0.5) is 0 Å². The fourth-order valence-electron chi connectivity index (χ4n) is 3.46. The van der Waals surface area contributed by atoms with Crippen molar-refractivity contribution in [1.29, 1.82) is 5.26 Å². The molecule has 5 nitrogen and oxygen atoms in total. The van der Waals surface area contributed by atoms with E-state index in [9.17, 15) is 13.7 Å². The zero-order valence-electron chi connectivity index (χ0n) is 18.2. The van der Waals surface area contributed by atoms with Gasteiger partial charge in [-0.2, -0.15) is 5.26 Å². The van der Waals surface area contributed by atoms with E-state index in [2.05, 4.69) is 6.07 Å². The summed E-state index contributed by atoms with van der Waals surface area (Å²) >= 11 is 6.28. The van der Waals surface area contributed by atoms with E-state index in [0.717, 1.165) is 5.56 Å². The molecular weight excluding hydrogens is 470 g/mol. The van der Waals surface area contributed by atoms with Crippen LogP contribution < -0.4 is 9.47 Å². The van der Waals surface area contributed by atoms with Crippen molar-refractivity contribution >= 4 is 21.4 Å². The lowest BCUT2D eigenvalue weighted by molar-refractivity contribution is 0.284. The van der Waals surface area contributed by atoms with E-state index >= 15 is 0 Å². The number of nitriles is 1. The lowest BCUT2D eigenvalue weighted by Crippen LogP contribution is -2.04. The van der Waals surface area contributed by atoms with E-state index in [4.69, 9.17) is 21.1 Å². The number of methoxy groups -OCH3 is 1. The molecule has 0 bridgehead atoms. The van der Waals surface area contributed by atoms with Gasteiger partial charge in [0.2, 0.25) is 9.84 Å². The molecule has 0 atom stereocenters. The molecule has 0 spiro atoms. The summed E-state index contributed by atoms with van der Waals surface area (Å²) in [5, 5.41) is 9.45. The van der Waals surface area contributed by atoms with Crippen LogP contribution in [-0.2, 0) is 16.4 Å². The second kappa shape index (κ2) is 10.0. The van der Waals surface area contributed by atoms with Crippen LogP contribution in [0.1, 0.15) is 11.1 Å². The van der Waals surface area contributed by atoms with E-state index < -0.39 is 9.84 Å². The first-order chi connectivity index (χ1) is 16.4. The molecule has 0 radical (unpaired) electrons. The Morgan fingerprint density at radius 1 is 0.824 bits per heavy atom. The van der Waals surface area contributed by atoms with Gasteiger partial charge in [0.15, 0.2) is 11.5 Å². The maximum atomic E-state index is 13.4. The highest BCUT2D eigenvalue weighted by molar-refractivity contribution is 7.91. The van der Waals surface area contributed by atoms with Crippen LogP contribution in [-0.4, -0.2) is 15.5 Å². The monoisotopic (exact) mass is 489 g/mol. The second-order valence-corrected chi connectivity index (χ2v) is 9.84. The minimum absolute atomic E-state index is 0.0392. The SMILES string of the molecule is COc1cc(S(=O)(=O)c2cc(Cl)cc(-c3cccc(C#N)c3)c2)ccc1OCc1ccccc1. The number of rotatable bonds is 7. The minimum atomic E-state index is -3.91. The summed E-state index contributed by atoms with van der Waals surface area (Å²) in [7, 11) is -2.45. The first-order valence-electron chi connectivity index (χ1n) is 10.3. The zero-order valence-corrected chi connectivity index (χ0v) is 19.8. The van der Waals surface area contributed by atoms with Gasteiger partial charge in [-0.3, -0.25) is 0 Å². The van der Waals surface area contributed by atoms with Gasteiger partial charge in [-0.15, -0.1) is 0 Å². The van der Waals surface area contributed by atoms with Crippen LogP contribution in [0, 0.1) is 11.3 Å². The van der Waals surface area contributed by atoms with Crippen LogP contribution in [0.15, 0.2) is 101 Å². The first-order valence-corrected chi connectivity index (χ1v) is 12.2. The van der Waals surface area contributed by atoms with Crippen LogP contribution in [0.5, 0.6) is 11.5 Å². The highest BCUT2D eigenvalue weighted by atomic mass is 35.5. The van der Waals surface area contributed by atoms with Crippen LogP contribution >= 0.6 is 11.6 Å². The zero-order chi connectivity index (χ0) is 24.1. The summed E-state index contributed by atoms with van der Waals surface area (Å²) < 4.78 is 38.1. The Kier molecular flexibility index (Phi) is 6.87. The molecule has 0 aliphatic rings. The third-order valence-corrected chi connectivity index (χ3v) is 7.14. The maximum absolute atomic E-state index is 13.4. The van der Waals surface area contributed by atoms with Gasteiger partial charge in [-0.1, -0.05) is 54.1 Å². The summed E-state index contributed by atoms with van der Waals surface area (Å²) in [6.07, 6.45) is 0. The van der Waals surface area contributed by atoms with Crippen molar-refractivity contribution in [2.45, 2.75) is 16.4 Å². The number of benzene rings is 4. The van der Waals surface area contributed by atoms with E-state index in [-0.39, 0.29) is 14.8 Å². The van der Waals surface area contributed by atoms with E-state index in [1.807, 2.05) is 30.3 Å². The van der Waals surface area contributed by atoms with Gasteiger partial charge in [-0.25, -0.2) is 8.42 Å². The number of hydrogen-bond acceptors (Lipinski definition) is 5. The Morgan fingerprint density at radius 2 is 1.62 bits per heavy atom. The number of ether oxygens (including phenoxy) is 2. The van der Waals surface area contributed by atoms with Crippen molar-refractivity contribution in [3.05, 3.63) is 107 Å². The van der Waals surface area contributed by atoms with Crippen LogP contribution in [0.3, 0.4) is 0 Å². The Labute approximate surface area is 203 Å². The molecule has 0 heterocycles. The van der Waals surface area contributed by atoms with Crippen molar-refractivity contribution in [3.63, 3.8) is 0 Å². The summed E-state index contributed by atoms with van der Waals surface area (Å²) in [6.45, 7) is 0.322. The van der Waals surface area contributed by atoms with Gasteiger partial charge in [0.05, 0.1) is 28.5 Å². The van der Waals surface area contributed by atoms with Gasteiger partial charge in [0, 0.05) is 11.1 Å². The third kappa shape index (κ3) is 5.07. The fourth-order valence-corrected chi connectivity index (χ4v) is 5.10. The average molecular weight is 490 g/mol. The van der Waals surface area contributed by atoms with Gasteiger partial charge < -0.3 is 9.47 Å². The highest BCUT2D eigenvalue weighted by Gasteiger charge is 2.22. The maximum Gasteiger partial charge on any atom is 0.206 e. The number of nitrogens with zero attached hydrogens (tertiary/aromatic N) is 1. The number of hydrogen-bond donors (Lipinski definition) is 0. The largest absolute Gasteiger partial charge is 0.493 e. The smallest absolute Gasteiger partial charge is 0.206 e. The topological polar surface area (TPSA) is 76.4 Å². The molecule has 0 amide bonds.